The molecule has 52 heavy (non-hydrogen) atoms. The van der Waals surface area contributed by atoms with E-state index in [1.54, 1.807) is 5.20 Å². The zero-order valence-electron chi connectivity index (χ0n) is 32.7. The molecular weight excluding hydrogens is 641 g/mol. The zero-order chi connectivity index (χ0) is 36.9. The maximum absolute atomic E-state index is 3.15. The minimum absolute atomic E-state index is 0.290. The van der Waals surface area contributed by atoms with Crippen molar-refractivity contribution in [2.24, 2.45) is 5.92 Å². The number of aryl methyl sites for hydroxylation is 6. The van der Waals surface area contributed by atoms with Crippen LogP contribution < -0.4 is 15.6 Å². The molecule has 0 aliphatic heterocycles. The van der Waals surface area contributed by atoms with Gasteiger partial charge in [-0.15, -0.1) is 0 Å². The second kappa shape index (κ2) is 13.9. The Kier molecular flexibility index (Phi) is 9.44. The second-order valence-corrected chi connectivity index (χ2v) is 19.2. The van der Waals surface area contributed by atoms with Crippen LogP contribution in [0.1, 0.15) is 61.1 Å². The summed E-state index contributed by atoms with van der Waals surface area (Å²) < 4.78 is 0. The lowest BCUT2D eigenvalue weighted by Gasteiger charge is -2.42. The second-order valence-electron chi connectivity index (χ2n) is 15.6. The van der Waals surface area contributed by atoms with Gasteiger partial charge < -0.3 is 0 Å². The van der Waals surface area contributed by atoms with E-state index >= 15 is 0 Å². The smallest absolute Gasteiger partial charge is 0.0636 e. The number of hydrogen-bond acceptors (Lipinski definition) is 0. The minimum atomic E-state index is -3.15. The van der Waals surface area contributed by atoms with Crippen LogP contribution in [-0.2, 0) is 0 Å². The fourth-order valence-corrected chi connectivity index (χ4v) is 15.7. The number of benzene rings is 6. The predicted octanol–water partition coefficient (Wildman–Crippen LogP) is 11.9. The molecule has 0 nitrogen and oxygen atoms in total. The molecule has 6 aromatic carbocycles. The number of allylic oxidation sites excluding steroid dienone is 4. The monoisotopic (exact) mass is 692 g/mol. The molecule has 1 aliphatic rings. The van der Waals surface area contributed by atoms with Crippen molar-refractivity contribution in [1.82, 2.24) is 0 Å². The van der Waals surface area contributed by atoms with Gasteiger partial charge in [-0.1, -0.05) is 184 Å². The Balaban J connectivity index is 1.76. The molecule has 0 N–H and O–H groups in total. The van der Waals surface area contributed by atoms with Gasteiger partial charge in [0.2, 0.25) is 0 Å². The number of hydrogen-bond donors (Lipinski definition) is 0. The molecule has 1 atom stereocenters. The highest BCUT2D eigenvalue weighted by Crippen LogP contribution is 2.44. The summed E-state index contributed by atoms with van der Waals surface area (Å²) >= 11 is 0. The van der Waals surface area contributed by atoms with Gasteiger partial charge in [0.15, 0.2) is 8.07 Å². The van der Waals surface area contributed by atoms with E-state index in [4.69, 9.17) is 0 Å². The van der Waals surface area contributed by atoms with Crippen molar-refractivity contribution < 1.29 is 0 Å². The molecule has 1 heteroatoms. The average Bonchev–Trinajstić information content (AvgIpc) is 3.30. The summed E-state index contributed by atoms with van der Waals surface area (Å²) in [6.45, 7) is 23.0. The first-order valence-corrected chi connectivity index (χ1v) is 20.8. The molecule has 7 rings (SSSR count). The third-order valence-corrected chi connectivity index (χ3v) is 17.0. The van der Waals surface area contributed by atoms with Gasteiger partial charge in [-0.05, 0) is 123 Å². The molecule has 0 radical (unpaired) electrons. The lowest BCUT2D eigenvalue weighted by molar-refractivity contribution is 0.852. The first-order chi connectivity index (χ1) is 24.9. The summed E-state index contributed by atoms with van der Waals surface area (Å²) in [4.78, 5) is 0. The van der Waals surface area contributed by atoms with E-state index in [2.05, 4.69) is 197 Å². The highest BCUT2D eigenvalue weighted by Gasteiger charge is 2.51. The van der Waals surface area contributed by atoms with E-state index in [0.29, 0.717) is 5.92 Å². The SMILES string of the molecule is CC1=C(C)C(C)C([Si](c2ccccc2-c2cc(C)cc(C)c2)(c2ccccc2-c2cc(C)cc(C)c2)c2ccccc2-c2cc(C)cc(C)c2)=C1C. The highest BCUT2D eigenvalue weighted by atomic mass is 28.3. The molecule has 6 aromatic rings. The van der Waals surface area contributed by atoms with E-state index in [9.17, 15) is 0 Å². The van der Waals surface area contributed by atoms with Crippen LogP contribution in [0.25, 0.3) is 33.4 Å². The maximum Gasteiger partial charge on any atom is 0.178 e. The molecule has 0 heterocycles. The van der Waals surface area contributed by atoms with Gasteiger partial charge in [-0.25, -0.2) is 0 Å². The van der Waals surface area contributed by atoms with E-state index < -0.39 is 8.07 Å². The summed E-state index contributed by atoms with van der Waals surface area (Å²) in [5.74, 6) is 0.290. The lowest BCUT2D eigenvalue weighted by atomic mass is 10.00. The molecule has 260 valence electrons. The van der Waals surface area contributed by atoms with Gasteiger partial charge in [-0.3, -0.25) is 0 Å². The summed E-state index contributed by atoms with van der Waals surface area (Å²) in [6.07, 6.45) is 0. The van der Waals surface area contributed by atoms with Crippen molar-refractivity contribution in [2.75, 3.05) is 0 Å². The Morgan fingerprint density at radius 2 is 0.654 bits per heavy atom. The minimum Gasteiger partial charge on any atom is -0.0636 e. The van der Waals surface area contributed by atoms with Gasteiger partial charge in [0.05, 0.1) is 0 Å². The van der Waals surface area contributed by atoms with Crippen LogP contribution in [0.3, 0.4) is 0 Å². The third kappa shape index (κ3) is 6.06. The molecule has 0 fully saturated rings. The number of rotatable bonds is 7. The summed E-state index contributed by atoms with van der Waals surface area (Å²) in [7, 11) is -3.15. The van der Waals surface area contributed by atoms with Crippen molar-refractivity contribution in [2.45, 2.75) is 69.2 Å². The van der Waals surface area contributed by atoms with Crippen LogP contribution >= 0.6 is 0 Å². The van der Waals surface area contributed by atoms with E-state index in [-0.39, 0.29) is 0 Å². The van der Waals surface area contributed by atoms with Crippen LogP contribution in [0.5, 0.6) is 0 Å². The van der Waals surface area contributed by atoms with Crippen LogP contribution in [0.4, 0.5) is 0 Å². The fourth-order valence-electron chi connectivity index (χ4n) is 9.42. The largest absolute Gasteiger partial charge is 0.178 e. The maximum atomic E-state index is 2.49. The normalized spacial score (nSPS) is 14.8. The average molecular weight is 693 g/mol. The Bertz CT molecular complexity index is 2130. The first-order valence-electron chi connectivity index (χ1n) is 18.8. The zero-order valence-corrected chi connectivity index (χ0v) is 33.7. The van der Waals surface area contributed by atoms with Crippen LogP contribution in [-0.4, -0.2) is 8.07 Å². The highest BCUT2D eigenvalue weighted by molar-refractivity contribution is 7.18. The molecule has 0 amide bonds. The Labute approximate surface area is 313 Å². The van der Waals surface area contributed by atoms with Crippen molar-refractivity contribution in [3.8, 4) is 33.4 Å². The summed E-state index contributed by atoms with van der Waals surface area (Å²) in [5, 5.41) is 5.97. The molecule has 0 bridgehead atoms. The molecule has 0 saturated carbocycles. The fraction of sp³-hybridized carbons (Fsp3) is 0.216. The van der Waals surface area contributed by atoms with Gasteiger partial charge in [-0.2, -0.15) is 0 Å². The van der Waals surface area contributed by atoms with Gasteiger partial charge in [0, 0.05) is 0 Å². The topological polar surface area (TPSA) is 0 Å². The van der Waals surface area contributed by atoms with Crippen LogP contribution in [0, 0.1) is 47.5 Å². The van der Waals surface area contributed by atoms with E-state index in [0.717, 1.165) is 0 Å². The van der Waals surface area contributed by atoms with Gasteiger partial charge in [0.25, 0.3) is 0 Å². The molecule has 0 saturated heterocycles. The first kappa shape index (κ1) is 35.4. The van der Waals surface area contributed by atoms with Crippen molar-refractivity contribution in [3.05, 3.63) is 183 Å². The Hall–Kier alpha value is -4.98. The van der Waals surface area contributed by atoms with Crippen molar-refractivity contribution in [1.29, 1.82) is 0 Å². The van der Waals surface area contributed by atoms with Crippen LogP contribution in [0.2, 0.25) is 0 Å². The molecule has 1 unspecified atom stereocenters. The van der Waals surface area contributed by atoms with E-state index in [1.165, 1.54) is 99.0 Å². The van der Waals surface area contributed by atoms with Crippen LogP contribution in [0.15, 0.2) is 149 Å². The molecule has 1 aliphatic carbocycles. The van der Waals surface area contributed by atoms with Gasteiger partial charge in [0.1, 0.15) is 0 Å². The standard InChI is InChI=1S/C51H52Si/c1-32-23-33(2)27-42(26-32)45-17-11-14-20-48(45)52(51-40(9)38(7)39(8)41(51)10,49-21-15-12-18-46(49)43-28-34(3)24-35(4)29-43)50-22-16-13-19-47(50)44-30-36(5)25-37(6)31-44/h11-31,40H,1-10H3. The Morgan fingerprint density at radius 1 is 0.365 bits per heavy atom. The van der Waals surface area contributed by atoms with Crippen molar-refractivity contribution in [3.63, 3.8) is 0 Å². The third-order valence-electron chi connectivity index (χ3n) is 11.6. The lowest BCUT2D eigenvalue weighted by Crippen LogP contribution is -2.71. The van der Waals surface area contributed by atoms with E-state index in [1.807, 2.05) is 0 Å². The van der Waals surface area contributed by atoms with Crippen molar-refractivity contribution >= 4 is 23.6 Å². The summed E-state index contributed by atoms with van der Waals surface area (Å²) in [6, 6.07) is 49.5. The summed E-state index contributed by atoms with van der Waals surface area (Å²) in [5.41, 5.74) is 20.0. The molecule has 0 spiro atoms. The Morgan fingerprint density at radius 3 is 0.923 bits per heavy atom. The quantitative estimate of drug-likeness (QED) is 0.115. The van der Waals surface area contributed by atoms with Gasteiger partial charge >= 0.3 is 0 Å². The molecule has 0 aromatic heterocycles. The molecular formula is C51H52Si. The predicted molar refractivity (Wildman–Crippen MR) is 229 cm³/mol.